The van der Waals surface area contributed by atoms with Crippen molar-refractivity contribution in [2.24, 2.45) is 0 Å². The van der Waals surface area contributed by atoms with E-state index < -0.39 is 23.4 Å². The standard InChI is InChI=1S/C14H17FN2O4/c1-2-9-8-21-7-6-17(9)14(20)16-11-5-3-4-10(15)12(11)13(18)19/h3-5,9H,2,6-8H2,1H3,(H,16,20)(H,18,19). The summed E-state index contributed by atoms with van der Waals surface area (Å²) in [4.78, 5) is 24.9. The fourth-order valence-corrected chi connectivity index (χ4v) is 2.29. The third-order valence-electron chi connectivity index (χ3n) is 3.43. The van der Waals surface area contributed by atoms with Crippen LogP contribution in [0.1, 0.15) is 23.7 Å². The zero-order valence-corrected chi connectivity index (χ0v) is 11.6. The highest BCUT2D eigenvalue weighted by Crippen LogP contribution is 2.20. The summed E-state index contributed by atoms with van der Waals surface area (Å²) in [6.07, 6.45) is 0.725. The summed E-state index contributed by atoms with van der Waals surface area (Å²) >= 11 is 0. The fourth-order valence-electron chi connectivity index (χ4n) is 2.29. The smallest absolute Gasteiger partial charge is 0.340 e. The average Bonchev–Trinajstić information content (AvgIpc) is 2.46. The number of halogens is 1. The maximum Gasteiger partial charge on any atom is 0.340 e. The molecule has 1 aromatic carbocycles. The number of carbonyl (C=O) groups excluding carboxylic acids is 1. The molecule has 0 spiro atoms. The molecule has 2 amide bonds. The highest BCUT2D eigenvalue weighted by Gasteiger charge is 2.27. The Labute approximate surface area is 121 Å². The summed E-state index contributed by atoms with van der Waals surface area (Å²) in [5, 5.41) is 11.5. The van der Waals surface area contributed by atoms with Gasteiger partial charge in [-0.2, -0.15) is 0 Å². The lowest BCUT2D eigenvalue weighted by Gasteiger charge is -2.35. The van der Waals surface area contributed by atoms with Gasteiger partial charge in [0.05, 0.1) is 24.9 Å². The minimum absolute atomic E-state index is 0.0474. The number of carboxylic acid groups (broad SMARTS) is 1. The number of urea groups is 1. The van der Waals surface area contributed by atoms with Gasteiger partial charge in [0, 0.05) is 6.54 Å². The number of morpholine rings is 1. The van der Waals surface area contributed by atoms with E-state index in [0.29, 0.717) is 19.8 Å². The Morgan fingerprint density at radius 2 is 2.29 bits per heavy atom. The van der Waals surface area contributed by atoms with Crippen LogP contribution in [0.4, 0.5) is 14.9 Å². The van der Waals surface area contributed by atoms with Crippen LogP contribution in [0.2, 0.25) is 0 Å². The van der Waals surface area contributed by atoms with E-state index >= 15 is 0 Å². The molecule has 1 saturated heterocycles. The van der Waals surface area contributed by atoms with E-state index in [1.54, 1.807) is 4.90 Å². The molecule has 6 nitrogen and oxygen atoms in total. The van der Waals surface area contributed by atoms with Crippen molar-refractivity contribution in [2.45, 2.75) is 19.4 Å². The van der Waals surface area contributed by atoms with E-state index in [1.165, 1.54) is 12.1 Å². The predicted octanol–water partition coefficient (Wildman–Crippen LogP) is 2.17. The van der Waals surface area contributed by atoms with Crippen molar-refractivity contribution in [1.29, 1.82) is 0 Å². The first-order chi connectivity index (χ1) is 10.0. The van der Waals surface area contributed by atoms with Gasteiger partial charge < -0.3 is 20.1 Å². The normalized spacial score (nSPS) is 18.4. The molecular weight excluding hydrogens is 279 g/mol. The molecule has 1 atom stereocenters. The molecule has 114 valence electrons. The summed E-state index contributed by atoms with van der Waals surface area (Å²) in [7, 11) is 0. The van der Waals surface area contributed by atoms with Crippen molar-refractivity contribution < 1.29 is 23.8 Å². The first-order valence-corrected chi connectivity index (χ1v) is 6.71. The predicted molar refractivity (Wildman–Crippen MR) is 74.0 cm³/mol. The lowest BCUT2D eigenvalue weighted by Crippen LogP contribution is -2.50. The second kappa shape index (κ2) is 6.53. The second-order valence-electron chi connectivity index (χ2n) is 4.73. The quantitative estimate of drug-likeness (QED) is 0.896. The van der Waals surface area contributed by atoms with Crippen LogP contribution in [0.25, 0.3) is 0 Å². The fraction of sp³-hybridized carbons (Fsp3) is 0.429. The molecule has 21 heavy (non-hydrogen) atoms. The number of benzene rings is 1. The van der Waals surface area contributed by atoms with Gasteiger partial charge >= 0.3 is 12.0 Å². The summed E-state index contributed by atoms with van der Waals surface area (Å²) in [5.74, 6) is -2.30. The molecule has 2 N–H and O–H groups in total. The first kappa shape index (κ1) is 15.2. The Bertz CT molecular complexity index is 550. The number of carboxylic acids is 1. The number of aromatic carboxylic acids is 1. The van der Waals surface area contributed by atoms with E-state index in [1.807, 2.05) is 6.92 Å². The van der Waals surface area contributed by atoms with Crippen molar-refractivity contribution in [3.05, 3.63) is 29.6 Å². The molecule has 1 aromatic rings. The number of hydrogen-bond acceptors (Lipinski definition) is 3. The van der Waals surface area contributed by atoms with Crippen LogP contribution in [0.15, 0.2) is 18.2 Å². The Balaban J connectivity index is 2.19. The summed E-state index contributed by atoms with van der Waals surface area (Å²) < 4.78 is 18.9. The third kappa shape index (κ3) is 3.30. The summed E-state index contributed by atoms with van der Waals surface area (Å²) in [6.45, 7) is 3.23. The minimum Gasteiger partial charge on any atom is -0.478 e. The Kier molecular flexibility index (Phi) is 4.74. The van der Waals surface area contributed by atoms with E-state index in [4.69, 9.17) is 9.84 Å². The first-order valence-electron chi connectivity index (χ1n) is 6.71. The van der Waals surface area contributed by atoms with Crippen LogP contribution in [0, 0.1) is 5.82 Å². The number of amides is 2. The maximum absolute atomic E-state index is 13.6. The highest BCUT2D eigenvalue weighted by atomic mass is 19.1. The molecule has 1 fully saturated rings. The van der Waals surface area contributed by atoms with Gasteiger partial charge in [-0.25, -0.2) is 14.0 Å². The molecule has 7 heteroatoms. The van der Waals surface area contributed by atoms with Gasteiger partial charge in [0.2, 0.25) is 0 Å². The third-order valence-corrected chi connectivity index (χ3v) is 3.43. The van der Waals surface area contributed by atoms with Crippen LogP contribution >= 0.6 is 0 Å². The number of nitrogens with zero attached hydrogens (tertiary/aromatic N) is 1. The average molecular weight is 296 g/mol. The van der Waals surface area contributed by atoms with Crippen LogP contribution < -0.4 is 5.32 Å². The zero-order valence-electron chi connectivity index (χ0n) is 11.6. The second-order valence-corrected chi connectivity index (χ2v) is 4.73. The Morgan fingerprint density at radius 1 is 1.52 bits per heavy atom. The Morgan fingerprint density at radius 3 is 2.95 bits per heavy atom. The topological polar surface area (TPSA) is 78.9 Å². The molecule has 1 unspecified atom stereocenters. The van der Waals surface area contributed by atoms with Crippen LogP contribution in [0.3, 0.4) is 0 Å². The molecule has 1 aliphatic rings. The van der Waals surface area contributed by atoms with Gasteiger partial charge in [0.25, 0.3) is 0 Å². The zero-order chi connectivity index (χ0) is 15.4. The number of anilines is 1. The van der Waals surface area contributed by atoms with Gasteiger partial charge in [0.15, 0.2) is 0 Å². The summed E-state index contributed by atoms with van der Waals surface area (Å²) in [5.41, 5.74) is -0.582. The lowest BCUT2D eigenvalue weighted by molar-refractivity contribution is 0.0144. The SMILES string of the molecule is CCC1COCCN1C(=O)Nc1cccc(F)c1C(=O)O. The van der Waals surface area contributed by atoms with Gasteiger partial charge in [-0.05, 0) is 18.6 Å². The van der Waals surface area contributed by atoms with E-state index in [2.05, 4.69) is 5.32 Å². The van der Waals surface area contributed by atoms with E-state index in [-0.39, 0.29) is 11.7 Å². The lowest BCUT2D eigenvalue weighted by atomic mass is 10.1. The molecule has 1 aliphatic heterocycles. The van der Waals surface area contributed by atoms with Gasteiger partial charge in [0.1, 0.15) is 11.4 Å². The number of nitrogens with one attached hydrogen (secondary N) is 1. The van der Waals surface area contributed by atoms with Crippen molar-refractivity contribution in [3.63, 3.8) is 0 Å². The number of hydrogen-bond donors (Lipinski definition) is 2. The van der Waals surface area contributed by atoms with E-state index in [0.717, 1.165) is 12.5 Å². The number of carbonyl (C=O) groups is 2. The van der Waals surface area contributed by atoms with Crippen LogP contribution in [-0.4, -0.2) is 47.8 Å². The van der Waals surface area contributed by atoms with Crippen molar-refractivity contribution in [2.75, 3.05) is 25.1 Å². The summed E-state index contributed by atoms with van der Waals surface area (Å²) in [6, 6.07) is 3.25. The van der Waals surface area contributed by atoms with Gasteiger partial charge in [-0.15, -0.1) is 0 Å². The molecule has 1 heterocycles. The van der Waals surface area contributed by atoms with Crippen molar-refractivity contribution in [1.82, 2.24) is 4.90 Å². The van der Waals surface area contributed by atoms with Crippen LogP contribution in [-0.2, 0) is 4.74 Å². The van der Waals surface area contributed by atoms with Crippen molar-refractivity contribution in [3.8, 4) is 0 Å². The number of rotatable bonds is 3. The minimum atomic E-state index is -1.42. The monoisotopic (exact) mass is 296 g/mol. The maximum atomic E-state index is 13.6. The molecule has 0 aliphatic carbocycles. The molecule has 0 saturated carbocycles. The van der Waals surface area contributed by atoms with Crippen LogP contribution in [0.5, 0.6) is 0 Å². The molecule has 0 radical (unpaired) electrons. The number of ether oxygens (including phenoxy) is 1. The van der Waals surface area contributed by atoms with Gasteiger partial charge in [-0.1, -0.05) is 13.0 Å². The molecular formula is C14H17FN2O4. The van der Waals surface area contributed by atoms with Gasteiger partial charge in [-0.3, -0.25) is 0 Å². The molecule has 0 bridgehead atoms. The largest absolute Gasteiger partial charge is 0.478 e. The van der Waals surface area contributed by atoms with Crippen molar-refractivity contribution >= 4 is 17.7 Å². The Hall–Kier alpha value is -2.15. The van der Waals surface area contributed by atoms with E-state index in [9.17, 15) is 14.0 Å². The molecule has 2 rings (SSSR count). The highest BCUT2D eigenvalue weighted by molar-refractivity contribution is 6.00. The molecule has 0 aromatic heterocycles.